The van der Waals surface area contributed by atoms with E-state index >= 15 is 0 Å². The first-order valence-corrected chi connectivity index (χ1v) is 5.93. The highest BCUT2D eigenvalue weighted by molar-refractivity contribution is 6.42. The first kappa shape index (κ1) is 11.8. The van der Waals surface area contributed by atoms with Crippen LogP contribution in [0.3, 0.4) is 0 Å². The molecule has 6 heteroatoms. The predicted molar refractivity (Wildman–Crippen MR) is 69.4 cm³/mol. The number of benzene rings is 1. The first-order valence-electron chi connectivity index (χ1n) is 4.64. The van der Waals surface area contributed by atoms with E-state index in [0.717, 1.165) is 16.9 Å². The summed E-state index contributed by atoms with van der Waals surface area (Å²) in [6.45, 7) is 0. The van der Waals surface area contributed by atoms with Gasteiger partial charge in [0.15, 0.2) is 0 Å². The van der Waals surface area contributed by atoms with Crippen LogP contribution < -0.4 is 5.01 Å². The van der Waals surface area contributed by atoms with Crippen LogP contribution in [-0.2, 0) is 5.88 Å². The van der Waals surface area contributed by atoms with E-state index in [0.29, 0.717) is 15.9 Å². The number of fused-ring (bicyclic) bond motifs is 1. The lowest BCUT2D eigenvalue weighted by atomic mass is 10.3. The summed E-state index contributed by atoms with van der Waals surface area (Å²) in [7, 11) is 3.83. The number of halogens is 3. The molecule has 1 heterocycles. The van der Waals surface area contributed by atoms with Gasteiger partial charge in [-0.15, -0.1) is 11.6 Å². The van der Waals surface area contributed by atoms with Gasteiger partial charge in [-0.3, -0.25) is 0 Å². The van der Waals surface area contributed by atoms with Crippen molar-refractivity contribution in [1.82, 2.24) is 9.66 Å². The molecular formula is C10H10Cl3N3. The molecule has 0 aliphatic carbocycles. The zero-order chi connectivity index (χ0) is 11.9. The minimum absolute atomic E-state index is 0.335. The lowest BCUT2D eigenvalue weighted by Crippen LogP contribution is -2.26. The standard InChI is InChI=1S/C10H10Cl3N3/c1-15(2)16-9-4-7(13)6(12)3-8(9)14-10(16)5-11/h3-4H,5H2,1-2H3. The number of rotatable bonds is 2. The lowest BCUT2D eigenvalue weighted by molar-refractivity contribution is 0.719. The van der Waals surface area contributed by atoms with Crippen molar-refractivity contribution in [2.24, 2.45) is 0 Å². The van der Waals surface area contributed by atoms with E-state index < -0.39 is 0 Å². The van der Waals surface area contributed by atoms with Gasteiger partial charge in [-0.1, -0.05) is 23.2 Å². The summed E-state index contributed by atoms with van der Waals surface area (Å²) >= 11 is 17.8. The molecule has 0 atom stereocenters. The number of alkyl halides is 1. The van der Waals surface area contributed by atoms with Gasteiger partial charge in [-0.2, -0.15) is 0 Å². The van der Waals surface area contributed by atoms with Crippen molar-refractivity contribution < 1.29 is 0 Å². The molecule has 0 saturated carbocycles. The molecule has 0 amide bonds. The van der Waals surface area contributed by atoms with Gasteiger partial charge < -0.3 is 5.01 Å². The summed E-state index contributed by atoms with van der Waals surface area (Å²) in [6.07, 6.45) is 0. The van der Waals surface area contributed by atoms with Crippen molar-refractivity contribution in [3.8, 4) is 0 Å². The van der Waals surface area contributed by atoms with Crippen LogP contribution in [0.15, 0.2) is 12.1 Å². The predicted octanol–water partition coefficient (Wildman–Crippen LogP) is 3.28. The van der Waals surface area contributed by atoms with Crippen LogP contribution in [0.2, 0.25) is 10.0 Å². The van der Waals surface area contributed by atoms with Gasteiger partial charge in [0.1, 0.15) is 5.82 Å². The first-order chi connectivity index (χ1) is 7.54. The molecule has 1 aromatic carbocycles. The Labute approximate surface area is 108 Å². The van der Waals surface area contributed by atoms with Crippen LogP contribution in [0.5, 0.6) is 0 Å². The van der Waals surface area contributed by atoms with E-state index in [-0.39, 0.29) is 0 Å². The summed E-state index contributed by atoms with van der Waals surface area (Å²) in [5.74, 6) is 1.10. The van der Waals surface area contributed by atoms with Crippen LogP contribution in [0.25, 0.3) is 11.0 Å². The Balaban J connectivity index is 2.79. The zero-order valence-electron chi connectivity index (χ0n) is 8.84. The maximum absolute atomic E-state index is 5.99. The Hall–Kier alpha value is -0.640. The van der Waals surface area contributed by atoms with Crippen LogP contribution in [-0.4, -0.2) is 23.8 Å². The fourth-order valence-corrected chi connectivity index (χ4v) is 2.13. The third kappa shape index (κ3) is 1.83. The number of hydrogen-bond acceptors (Lipinski definition) is 2. The highest BCUT2D eigenvalue weighted by Gasteiger charge is 2.13. The van der Waals surface area contributed by atoms with Crippen molar-refractivity contribution in [3.63, 3.8) is 0 Å². The summed E-state index contributed by atoms with van der Waals surface area (Å²) in [4.78, 5) is 4.40. The van der Waals surface area contributed by atoms with Crippen molar-refractivity contribution in [3.05, 3.63) is 28.0 Å². The number of hydrogen-bond donors (Lipinski definition) is 0. The Morgan fingerprint density at radius 3 is 2.44 bits per heavy atom. The van der Waals surface area contributed by atoms with Crippen molar-refractivity contribution in [2.45, 2.75) is 5.88 Å². The van der Waals surface area contributed by atoms with E-state index in [9.17, 15) is 0 Å². The third-order valence-corrected chi connectivity index (χ3v) is 3.22. The van der Waals surface area contributed by atoms with E-state index in [4.69, 9.17) is 34.8 Å². The van der Waals surface area contributed by atoms with Crippen LogP contribution in [0.1, 0.15) is 5.82 Å². The second-order valence-corrected chi connectivity index (χ2v) is 4.66. The van der Waals surface area contributed by atoms with Crippen molar-refractivity contribution >= 4 is 45.8 Å². The molecule has 2 aromatic rings. The van der Waals surface area contributed by atoms with Gasteiger partial charge in [0, 0.05) is 14.1 Å². The van der Waals surface area contributed by atoms with Gasteiger partial charge in [0.05, 0.1) is 27.0 Å². The normalized spacial score (nSPS) is 11.1. The number of imidazole rings is 1. The Bertz CT molecular complexity index is 534. The molecule has 0 aliphatic heterocycles. The monoisotopic (exact) mass is 277 g/mol. The van der Waals surface area contributed by atoms with Crippen molar-refractivity contribution in [2.75, 3.05) is 19.1 Å². The van der Waals surface area contributed by atoms with Gasteiger partial charge in [-0.05, 0) is 12.1 Å². The Morgan fingerprint density at radius 2 is 1.88 bits per heavy atom. The van der Waals surface area contributed by atoms with Crippen LogP contribution in [0.4, 0.5) is 0 Å². The molecule has 0 unspecified atom stereocenters. The molecule has 0 bridgehead atoms. The maximum atomic E-state index is 5.99. The quantitative estimate of drug-likeness (QED) is 0.786. The molecule has 0 saturated heterocycles. The fourth-order valence-electron chi connectivity index (χ4n) is 1.64. The van der Waals surface area contributed by atoms with Crippen LogP contribution >= 0.6 is 34.8 Å². The van der Waals surface area contributed by atoms with Gasteiger partial charge >= 0.3 is 0 Å². The van der Waals surface area contributed by atoms with E-state index in [1.807, 2.05) is 23.8 Å². The SMILES string of the molecule is CN(C)n1c(CCl)nc2cc(Cl)c(Cl)cc21. The third-order valence-electron chi connectivity index (χ3n) is 2.26. The minimum Gasteiger partial charge on any atom is -0.317 e. The molecule has 1 aromatic heterocycles. The Kier molecular flexibility index (Phi) is 3.19. The smallest absolute Gasteiger partial charge is 0.143 e. The largest absolute Gasteiger partial charge is 0.317 e. The molecule has 2 rings (SSSR count). The molecule has 0 radical (unpaired) electrons. The van der Waals surface area contributed by atoms with Gasteiger partial charge in [0.25, 0.3) is 0 Å². The van der Waals surface area contributed by atoms with Gasteiger partial charge in [0.2, 0.25) is 0 Å². The molecule has 0 aliphatic rings. The fraction of sp³-hybridized carbons (Fsp3) is 0.300. The average molecular weight is 279 g/mol. The molecular weight excluding hydrogens is 268 g/mol. The molecule has 0 spiro atoms. The summed E-state index contributed by atoms with van der Waals surface area (Å²) < 4.78 is 1.91. The average Bonchev–Trinajstić information content (AvgIpc) is 2.56. The van der Waals surface area contributed by atoms with E-state index in [1.54, 1.807) is 12.1 Å². The number of nitrogens with zero attached hydrogens (tertiary/aromatic N) is 3. The molecule has 3 nitrogen and oxygen atoms in total. The minimum atomic E-state index is 0.335. The molecule has 16 heavy (non-hydrogen) atoms. The zero-order valence-corrected chi connectivity index (χ0v) is 11.1. The summed E-state index contributed by atoms with van der Waals surface area (Å²) in [5.41, 5.74) is 1.69. The van der Waals surface area contributed by atoms with E-state index in [2.05, 4.69) is 4.98 Å². The Morgan fingerprint density at radius 1 is 1.25 bits per heavy atom. The van der Waals surface area contributed by atoms with Gasteiger partial charge in [-0.25, -0.2) is 9.66 Å². The lowest BCUT2D eigenvalue weighted by Gasteiger charge is -2.17. The second kappa shape index (κ2) is 4.32. The second-order valence-electron chi connectivity index (χ2n) is 3.58. The number of aromatic nitrogens is 2. The van der Waals surface area contributed by atoms with Crippen molar-refractivity contribution in [1.29, 1.82) is 0 Å². The summed E-state index contributed by atoms with van der Waals surface area (Å²) in [5, 5.41) is 2.91. The highest BCUT2D eigenvalue weighted by atomic mass is 35.5. The topological polar surface area (TPSA) is 21.1 Å². The molecule has 86 valence electrons. The highest BCUT2D eigenvalue weighted by Crippen LogP contribution is 2.28. The maximum Gasteiger partial charge on any atom is 0.143 e. The van der Waals surface area contributed by atoms with E-state index in [1.165, 1.54) is 0 Å². The summed E-state index contributed by atoms with van der Waals surface area (Å²) in [6, 6.07) is 3.54. The molecule has 0 fully saturated rings. The molecule has 0 N–H and O–H groups in total. The van der Waals surface area contributed by atoms with Crippen LogP contribution in [0, 0.1) is 0 Å².